The van der Waals surface area contributed by atoms with Crippen molar-refractivity contribution in [3.05, 3.63) is 81.6 Å². The fourth-order valence-electron chi connectivity index (χ4n) is 3.46. The van der Waals surface area contributed by atoms with E-state index in [0.717, 1.165) is 11.1 Å². The number of carbonyl (C=O) groups excluding carboxylic acids is 1. The second kappa shape index (κ2) is 6.58. The number of nitrogens with one attached hydrogen (secondary N) is 1. The largest absolute Gasteiger partial charge is 0.369 e. The molecule has 1 amide bonds. The Labute approximate surface area is 163 Å². The number of hydrogen-bond acceptors (Lipinski definition) is 5. The van der Waals surface area contributed by atoms with Gasteiger partial charge in [0.25, 0.3) is 0 Å². The second-order valence-electron chi connectivity index (χ2n) is 6.54. The van der Waals surface area contributed by atoms with Gasteiger partial charge in [0.1, 0.15) is 11.5 Å². The Kier molecular flexibility index (Phi) is 3.91. The maximum Gasteiger partial charge on any atom is 0.369 e. The van der Waals surface area contributed by atoms with Crippen LogP contribution >= 0.6 is 11.3 Å². The van der Waals surface area contributed by atoms with Crippen molar-refractivity contribution in [2.75, 3.05) is 5.32 Å². The number of benzene rings is 2. The van der Waals surface area contributed by atoms with Crippen LogP contribution in [0.5, 0.6) is 0 Å². The zero-order valence-electron chi connectivity index (χ0n) is 14.7. The molecular formula is C20H15N5O2S. The molecule has 1 aliphatic carbocycles. The minimum Gasteiger partial charge on any atom is -0.324 e. The molecule has 2 heterocycles. The first-order valence-corrected chi connectivity index (χ1v) is 9.65. The summed E-state index contributed by atoms with van der Waals surface area (Å²) in [5.41, 5.74) is 5.17. The predicted molar refractivity (Wildman–Crippen MR) is 107 cm³/mol. The Balaban J connectivity index is 1.32. The van der Waals surface area contributed by atoms with E-state index in [4.69, 9.17) is 0 Å². The Morgan fingerprint density at radius 1 is 1.04 bits per heavy atom. The van der Waals surface area contributed by atoms with E-state index in [-0.39, 0.29) is 12.5 Å². The molecule has 0 radical (unpaired) electrons. The van der Waals surface area contributed by atoms with Gasteiger partial charge in [-0.1, -0.05) is 30.3 Å². The third-order valence-corrected chi connectivity index (χ3v) is 5.57. The number of thiophene rings is 1. The van der Waals surface area contributed by atoms with Gasteiger partial charge in [-0.25, -0.2) is 4.79 Å². The van der Waals surface area contributed by atoms with Gasteiger partial charge >= 0.3 is 5.69 Å². The SMILES string of the molecule is O=C(Cn1nnn(-c2cccs2)c1=O)Nc1ccc2c(c1)Cc1ccccc1-2. The van der Waals surface area contributed by atoms with Gasteiger partial charge in [0, 0.05) is 5.69 Å². The molecule has 138 valence electrons. The van der Waals surface area contributed by atoms with Crippen LogP contribution in [0, 0.1) is 0 Å². The number of anilines is 1. The summed E-state index contributed by atoms with van der Waals surface area (Å²) in [4.78, 5) is 24.8. The molecule has 0 saturated carbocycles. The summed E-state index contributed by atoms with van der Waals surface area (Å²) in [5.74, 6) is -0.323. The van der Waals surface area contributed by atoms with Gasteiger partial charge in [0.05, 0.1) is 0 Å². The van der Waals surface area contributed by atoms with E-state index in [0.29, 0.717) is 10.7 Å². The van der Waals surface area contributed by atoms with Gasteiger partial charge in [-0.2, -0.15) is 9.36 Å². The summed E-state index contributed by atoms with van der Waals surface area (Å²) in [7, 11) is 0. The Hall–Kier alpha value is -3.52. The number of carbonyl (C=O) groups is 1. The van der Waals surface area contributed by atoms with Crippen LogP contribution in [0.2, 0.25) is 0 Å². The molecule has 1 N–H and O–H groups in total. The van der Waals surface area contributed by atoms with Gasteiger partial charge in [0.2, 0.25) is 5.91 Å². The zero-order chi connectivity index (χ0) is 19.1. The molecular weight excluding hydrogens is 374 g/mol. The molecule has 0 unspecified atom stereocenters. The predicted octanol–water partition coefficient (Wildman–Crippen LogP) is 2.70. The van der Waals surface area contributed by atoms with Crippen molar-refractivity contribution in [1.29, 1.82) is 0 Å². The van der Waals surface area contributed by atoms with E-state index in [1.807, 2.05) is 41.8 Å². The summed E-state index contributed by atoms with van der Waals surface area (Å²) in [6.45, 7) is -0.193. The lowest BCUT2D eigenvalue weighted by Crippen LogP contribution is -2.29. The monoisotopic (exact) mass is 389 g/mol. The van der Waals surface area contributed by atoms with Crippen molar-refractivity contribution in [3.63, 3.8) is 0 Å². The lowest BCUT2D eigenvalue weighted by molar-refractivity contribution is -0.117. The number of rotatable bonds is 4. The fourth-order valence-corrected chi connectivity index (χ4v) is 4.13. The molecule has 28 heavy (non-hydrogen) atoms. The van der Waals surface area contributed by atoms with Crippen LogP contribution in [0.25, 0.3) is 16.1 Å². The van der Waals surface area contributed by atoms with Gasteiger partial charge in [0.15, 0.2) is 0 Å². The third-order valence-electron chi connectivity index (χ3n) is 4.73. The smallest absolute Gasteiger partial charge is 0.324 e. The third kappa shape index (κ3) is 2.84. The highest BCUT2D eigenvalue weighted by Gasteiger charge is 2.19. The minimum absolute atomic E-state index is 0.193. The molecule has 0 saturated heterocycles. The van der Waals surface area contributed by atoms with E-state index in [2.05, 4.69) is 27.9 Å². The van der Waals surface area contributed by atoms with E-state index in [1.165, 1.54) is 38.3 Å². The molecule has 2 aromatic heterocycles. The first-order chi connectivity index (χ1) is 13.7. The van der Waals surface area contributed by atoms with Crippen molar-refractivity contribution < 1.29 is 4.79 Å². The lowest BCUT2D eigenvalue weighted by Gasteiger charge is -2.07. The van der Waals surface area contributed by atoms with Crippen LogP contribution < -0.4 is 11.0 Å². The maximum absolute atomic E-state index is 12.4. The molecule has 8 heteroatoms. The van der Waals surface area contributed by atoms with E-state index >= 15 is 0 Å². The molecule has 0 spiro atoms. The van der Waals surface area contributed by atoms with E-state index in [9.17, 15) is 9.59 Å². The fraction of sp³-hybridized carbons (Fsp3) is 0.100. The second-order valence-corrected chi connectivity index (χ2v) is 7.46. The molecule has 0 aliphatic heterocycles. The molecule has 0 fully saturated rings. The summed E-state index contributed by atoms with van der Waals surface area (Å²) in [5, 5.41) is 13.0. The number of nitrogens with zero attached hydrogens (tertiary/aromatic N) is 4. The van der Waals surface area contributed by atoms with Gasteiger partial charge in [-0.15, -0.1) is 11.3 Å². The van der Waals surface area contributed by atoms with Crippen LogP contribution in [0.4, 0.5) is 5.69 Å². The van der Waals surface area contributed by atoms with Crippen LogP contribution in [0.15, 0.2) is 64.8 Å². The van der Waals surface area contributed by atoms with Crippen LogP contribution in [-0.2, 0) is 17.8 Å². The molecule has 5 rings (SSSR count). The maximum atomic E-state index is 12.4. The standard InChI is InChI=1S/C20H15N5O2S/c26-18(12-24-20(27)25(23-22-24)19-6-3-9-28-19)21-15-7-8-17-14(11-15)10-13-4-1-2-5-16(13)17/h1-9,11H,10,12H2,(H,21,26). The van der Waals surface area contributed by atoms with Crippen LogP contribution in [-0.4, -0.2) is 25.7 Å². The molecule has 1 aliphatic rings. The van der Waals surface area contributed by atoms with E-state index in [1.54, 1.807) is 6.07 Å². The van der Waals surface area contributed by atoms with Crippen molar-refractivity contribution in [2.24, 2.45) is 0 Å². The number of fused-ring (bicyclic) bond motifs is 3. The summed E-state index contributed by atoms with van der Waals surface area (Å²) >= 11 is 1.38. The molecule has 4 aromatic rings. The van der Waals surface area contributed by atoms with Gasteiger partial charge in [-0.05, 0) is 68.7 Å². The van der Waals surface area contributed by atoms with Gasteiger partial charge < -0.3 is 5.32 Å². The van der Waals surface area contributed by atoms with Crippen molar-refractivity contribution in [3.8, 4) is 16.1 Å². The minimum atomic E-state index is -0.443. The molecule has 2 aromatic carbocycles. The van der Waals surface area contributed by atoms with Crippen molar-refractivity contribution in [1.82, 2.24) is 19.8 Å². The number of tetrazole rings is 1. The highest BCUT2D eigenvalue weighted by molar-refractivity contribution is 7.12. The first kappa shape index (κ1) is 16.6. The van der Waals surface area contributed by atoms with Gasteiger partial charge in [-0.3, -0.25) is 4.79 Å². The quantitative estimate of drug-likeness (QED) is 0.512. The summed E-state index contributed by atoms with van der Waals surface area (Å²) < 4.78 is 2.24. The topological polar surface area (TPSA) is 81.8 Å². The van der Waals surface area contributed by atoms with Crippen molar-refractivity contribution >= 4 is 22.9 Å². The molecule has 0 atom stereocenters. The van der Waals surface area contributed by atoms with Crippen LogP contribution in [0.3, 0.4) is 0 Å². The van der Waals surface area contributed by atoms with Crippen LogP contribution in [0.1, 0.15) is 11.1 Å². The van der Waals surface area contributed by atoms with Crippen molar-refractivity contribution in [2.45, 2.75) is 13.0 Å². The Bertz CT molecular complexity index is 1240. The Morgan fingerprint density at radius 2 is 1.89 bits per heavy atom. The number of amides is 1. The van der Waals surface area contributed by atoms with E-state index < -0.39 is 5.69 Å². The number of hydrogen-bond donors (Lipinski definition) is 1. The highest BCUT2D eigenvalue weighted by atomic mass is 32.1. The highest BCUT2D eigenvalue weighted by Crippen LogP contribution is 2.37. The lowest BCUT2D eigenvalue weighted by atomic mass is 10.1. The normalized spacial score (nSPS) is 11.9. The number of aromatic nitrogens is 4. The molecule has 7 nitrogen and oxygen atoms in total. The average Bonchev–Trinajstić information content (AvgIpc) is 3.41. The Morgan fingerprint density at radius 3 is 2.75 bits per heavy atom. The first-order valence-electron chi connectivity index (χ1n) is 8.77. The zero-order valence-corrected chi connectivity index (χ0v) is 15.5. The summed E-state index contributed by atoms with van der Waals surface area (Å²) in [6, 6.07) is 17.8. The summed E-state index contributed by atoms with van der Waals surface area (Å²) in [6.07, 6.45) is 0.851. The average molecular weight is 389 g/mol. The molecule has 0 bridgehead atoms.